The highest BCUT2D eigenvalue weighted by Crippen LogP contribution is 2.17. The van der Waals surface area contributed by atoms with Crippen molar-refractivity contribution in [3.63, 3.8) is 0 Å². The summed E-state index contributed by atoms with van der Waals surface area (Å²) < 4.78 is 16.6. The van der Waals surface area contributed by atoms with E-state index in [-0.39, 0.29) is 31.1 Å². The topological polar surface area (TPSA) is 78.9 Å². The molecule has 0 amide bonds. The van der Waals surface area contributed by atoms with Gasteiger partial charge in [0.25, 0.3) is 0 Å². The number of unbranched alkanes of at least 4 members (excludes halogenated alkanes) is 20. The fraction of sp³-hybridized carbons (Fsp3) is 0.930. The van der Waals surface area contributed by atoms with Gasteiger partial charge in [-0.25, -0.2) is 0 Å². The molecule has 0 fully saturated rings. The third kappa shape index (κ3) is 34.6. The second-order valence-electron chi connectivity index (χ2n) is 15.1. The van der Waals surface area contributed by atoms with Crippen LogP contribution in [0.1, 0.15) is 227 Å². The van der Waals surface area contributed by atoms with E-state index >= 15 is 0 Å². The summed E-state index contributed by atoms with van der Waals surface area (Å²) in [6, 6.07) is 0. The maximum Gasteiger partial charge on any atom is 0.306 e. The highest BCUT2D eigenvalue weighted by Gasteiger charge is 2.19. The van der Waals surface area contributed by atoms with Gasteiger partial charge < -0.3 is 14.2 Å². The lowest BCUT2D eigenvalue weighted by molar-refractivity contribution is -0.167. The van der Waals surface area contributed by atoms with E-state index in [1.807, 2.05) is 0 Å². The van der Waals surface area contributed by atoms with Crippen molar-refractivity contribution in [2.75, 3.05) is 13.2 Å². The Morgan fingerprint density at radius 1 is 0.408 bits per heavy atom. The molecule has 0 aliphatic heterocycles. The van der Waals surface area contributed by atoms with Gasteiger partial charge in [0.1, 0.15) is 13.2 Å². The third-order valence-corrected chi connectivity index (χ3v) is 10.2. The summed E-state index contributed by atoms with van der Waals surface area (Å²) in [6.07, 6.45) is 32.3. The van der Waals surface area contributed by atoms with E-state index in [1.165, 1.54) is 116 Å². The second-order valence-corrected chi connectivity index (χ2v) is 15.1. The summed E-state index contributed by atoms with van der Waals surface area (Å²) in [5.41, 5.74) is 0. The van der Waals surface area contributed by atoms with Gasteiger partial charge in [-0.3, -0.25) is 14.4 Å². The normalized spacial score (nSPS) is 13.2. The molecule has 6 nitrogen and oxygen atoms in total. The Morgan fingerprint density at radius 2 is 0.714 bits per heavy atom. The van der Waals surface area contributed by atoms with Crippen molar-refractivity contribution >= 4 is 17.9 Å². The molecule has 0 bridgehead atoms. The summed E-state index contributed by atoms with van der Waals surface area (Å²) in [7, 11) is 0. The molecule has 0 spiro atoms. The van der Waals surface area contributed by atoms with Crippen LogP contribution >= 0.6 is 0 Å². The monoisotopic (exact) mass is 695 g/mol. The summed E-state index contributed by atoms with van der Waals surface area (Å²) in [5.74, 6) is 0.791. The highest BCUT2D eigenvalue weighted by molar-refractivity contribution is 5.71. The van der Waals surface area contributed by atoms with Crippen LogP contribution in [0.2, 0.25) is 0 Å². The van der Waals surface area contributed by atoms with Crippen LogP contribution in [0.15, 0.2) is 0 Å². The maximum atomic E-state index is 12.7. The highest BCUT2D eigenvalue weighted by atomic mass is 16.6. The molecule has 3 atom stereocenters. The van der Waals surface area contributed by atoms with E-state index < -0.39 is 6.10 Å². The molecule has 0 radical (unpaired) electrons. The Hall–Kier alpha value is -1.59. The minimum atomic E-state index is -0.760. The van der Waals surface area contributed by atoms with Crippen LogP contribution in [0.25, 0.3) is 0 Å². The van der Waals surface area contributed by atoms with Gasteiger partial charge in [-0.2, -0.15) is 0 Å². The van der Waals surface area contributed by atoms with Crippen LogP contribution in [0.5, 0.6) is 0 Å². The Balaban J connectivity index is 4.37. The summed E-state index contributed by atoms with van der Waals surface area (Å²) >= 11 is 0. The zero-order chi connectivity index (χ0) is 36.2. The van der Waals surface area contributed by atoms with Crippen molar-refractivity contribution in [2.45, 2.75) is 233 Å². The molecule has 49 heavy (non-hydrogen) atoms. The lowest BCUT2D eigenvalue weighted by atomic mass is 9.99. The van der Waals surface area contributed by atoms with Gasteiger partial charge in [0.05, 0.1) is 0 Å². The first-order valence-corrected chi connectivity index (χ1v) is 21.3. The van der Waals surface area contributed by atoms with E-state index in [1.54, 1.807) is 0 Å². The number of carbonyl (C=O) groups is 3. The molecule has 0 aromatic rings. The van der Waals surface area contributed by atoms with Gasteiger partial charge in [-0.05, 0) is 31.1 Å². The SMILES string of the molecule is CCCCCCCCCCCC(=O)OC[C@@H](COC(=O)CCCCCCCCC(C)CC)OC(=O)CCCCCCCCCCC(C)CC. The fourth-order valence-electron chi connectivity index (χ4n) is 6.16. The molecule has 0 aromatic carbocycles. The fourth-order valence-corrected chi connectivity index (χ4v) is 6.16. The van der Waals surface area contributed by atoms with Gasteiger partial charge in [0.2, 0.25) is 0 Å². The Labute approximate surface area is 304 Å². The molecule has 0 N–H and O–H groups in total. The molecule has 0 aliphatic carbocycles. The molecule has 0 aromatic heterocycles. The minimum absolute atomic E-state index is 0.0665. The predicted molar refractivity (Wildman–Crippen MR) is 206 cm³/mol. The average molecular weight is 695 g/mol. The van der Waals surface area contributed by atoms with Crippen LogP contribution in [-0.2, 0) is 28.6 Å². The van der Waals surface area contributed by atoms with Gasteiger partial charge in [0.15, 0.2) is 6.10 Å². The number of esters is 3. The molecular formula is C43H82O6. The Bertz CT molecular complexity index is 753. The zero-order valence-corrected chi connectivity index (χ0v) is 33.3. The predicted octanol–water partition coefficient (Wildman–Crippen LogP) is 13.0. The largest absolute Gasteiger partial charge is 0.462 e. The quantitative estimate of drug-likeness (QED) is 0.0366. The Kier molecular flexibility index (Phi) is 35.0. The second kappa shape index (κ2) is 36.2. The van der Waals surface area contributed by atoms with Crippen LogP contribution < -0.4 is 0 Å². The summed E-state index contributed by atoms with van der Waals surface area (Å²) in [6.45, 7) is 11.3. The van der Waals surface area contributed by atoms with Gasteiger partial charge in [0, 0.05) is 19.3 Å². The van der Waals surface area contributed by atoms with E-state index in [0.29, 0.717) is 19.3 Å². The van der Waals surface area contributed by atoms with Gasteiger partial charge >= 0.3 is 17.9 Å². The molecule has 0 aliphatic rings. The third-order valence-electron chi connectivity index (χ3n) is 10.2. The molecule has 6 heteroatoms. The van der Waals surface area contributed by atoms with Crippen molar-refractivity contribution < 1.29 is 28.6 Å². The first-order chi connectivity index (χ1) is 23.8. The summed E-state index contributed by atoms with van der Waals surface area (Å²) in [5, 5.41) is 0. The number of carbonyl (C=O) groups excluding carboxylic acids is 3. The van der Waals surface area contributed by atoms with Crippen molar-refractivity contribution in [1.82, 2.24) is 0 Å². The van der Waals surface area contributed by atoms with E-state index in [2.05, 4.69) is 34.6 Å². The minimum Gasteiger partial charge on any atom is -0.462 e. The van der Waals surface area contributed by atoms with Crippen molar-refractivity contribution in [3.8, 4) is 0 Å². The first-order valence-electron chi connectivity index (χ1n) is 21.3. The average Bonchev–Trinajstić information content (AvgIpc) is 3.10. The van der Waals surface area contributed by atoms with E-state index in [0.717, 1.165) is 69.6 Å². The molecule has 0 saturated carbocycles. The number of ether oxygens (including phenoxy) is 3. The van der Waals surface area contributed by atoms with Crippen molar-refractivity contribution in [1.29, 1.82) is 0 Å². The number of hydrogen-bond donors (Lipinski definition) is 0. The van der Waals surface area contributed by atoms with E-state index in [4.69, 9.17) is 14.2 Å². The lowest BCUT2D eigenvalue weighted by Crippen LogP contribution is -2.30. The lowest BCUT2D eigenvalue weighted by Gasteiger charge is -2.18. The molecule has 0 rings (SSSR count). The van der Waals surface area contributed by atoms with Crippen molar-refractivity contribution in [2.24, 2.45) is 11.8 Å². The molecule has 0 heterocycles. The number of hydrogen-bond acceptors (Lipinski definition) is 6. The first kappa shape index (κ1) is 47.4. The maximum absolute atomic E-state index is 12.7. The number of rotatable bonds is 37. The van der Waals surface area contributed by atoms with Crippen LogP contribution in [-0.4, -0.2) is 37.2 Å². The zero-order valence-electron chi connectivity index (χ0n) is 33.3. The van der Waals surface area contributed by atoms with Crippen LogP contribution in [0.4, 0.5) is 0 Å². The van der Waals surface area contributed by atoms with Gasteiger partial charge in [-0.1, -0.05) is 189 Å². The smallest absolute Gasteiger partial charge is 0.306 e. The van der Waals surface area contributed by atoms with E-state index in [9.17, 15) is 14.4 Å². The van der Waals surface area contributed by atoms with Crippen molar-refractivity contribution in [3.05, 3.63) is 0 Å². The van der Waals surface area contributed by atoms with Crippen LogP contribution in [0.3, 0.4) is 0 Å². The summed E-state index contributed by atoms with van der Waals surface area (Å²) in [4.78, 5) is 37.5. The molecule has 0 saturated heterocycles. The molecular weight excluding hydrogens is 612 g/mol. The van der Waals surface area contributed by atoms with Crippen LogP contribution in [0, 0.1) is 11.8 Å². The standard InChI is InChI=1S/C43H82O6/c1-6-9-10-11-12-13-17-23-28-33-41(44)47-36-40(37-48-42(45)34-29-24-20-19-22-27-32-39(5)8-3)49-43(46)35-30-25-18-15-14-16-21-26-31-38(4)7-2/h38-40H,6-37H2,1-5H3/t38?,39?,40-/m0/s1. The van der Waals surface area contributed by atoms with Gasteiger partial charge in [-0.15, -0.1) is 0 Å². The molecule has 290 valence electrons. The Morgan fingerprint density at radius 3 is 1.06 bits per heavy atom. The molecule has 2 unspecified atom stereocenters.